The molecule has 6 heteroatoms. The van der Waals surface area contributed by atoms with Crippen molar-refractivity contribution in [3.8, 4) is 5.75 Å². The molecule has 2 aromatic rings. The number of nitrogens with zero attached hydrogens (tertiary/aromatic N) is 2. The van der Waals surface area contributed by atoms with Crippen LogP contribution in [0.4, 0.5) is 0 Å². The van der Waals surface area contributed by atoms with Crippen molar-refractivity contribution >= 4 is 43.5 Å². The van der Waals surface area contributed by atoms with Gasteiger partial charge in [0.2, 0.25) is 5.91 Å². The molecule has 0 fully saturated rings. The lowest BCUT2D eigenvalue weighted by molar-refractivity contribution is -0.130. The van der Waals surface area contributed by atoms with E-state index in [2.05, 4.69) is 37.0 Å². The van der Waals surface area contributed by atoms with Gasteiger partial charge in [0.15, 0.2) is 0 Å². The molecule has 0 saturated carbocycles. The number of hydrogen-bond donors (Lipinski definition) is 0. The van der Waals surface area contributed by atoms with Crippen LogP contribution < -0.4 is 4.74 Å². The molecule has 24 heavy (non-hydrogen) atoms. The van der Waals surface area contributed by atoms with Crippen LogP contribution in [-0.2, 0) is 4.79 Å². The molecule has 4 nitrogen and oxygen atoms in total. The van der Waals surface area contributed by atoms with Crippen LogP contribution in [0, 0.1) is 0 Å². The zero-order valence-electron chi connectivity index (χ0n) is 13.3. The first-order valence-corrected chi connectivity index (χ1v) is 9.05. The molecule has 1 aliphatic rings. The van der Waals surface area contributed by atoms with Gasteiger partial charge in [0.25, 0.3) is 0 Å². The van der Waals surface area contributed by atoms with E-state index in [1.165, 1.54) is 0 Å². The van der Waals surface area contributed by atoms with E-state index in [0.29, 0.717) is 6.42 Å². The molecule has 0 aliphatic carbocycles. The van der Waals surface area contributed by atoms with Crippen LogP contribution in [-0.4, -0.2) is 23.7 Å². The molecule has 0 spiro atoms. The van der Waals surface area contributed by atoms with Crippen molar-refractivity contribution in [3.63, 3.8) is 0 Å². The number of carbonyl (C=O) groups is 1. The summed E-state index contributed by atoms with van der Waals surface area (Å²) in [5.74, 6) is 0.724. The minimum absolute atomic E-state index is 0.0703. The highest BCUT2D eigenvalue weighted by Gasteiger charge is 2.32. The normalized spacial score (nSPS) is 16.9. The summed E-state index contributed by atoms with van der Waals surface area (Å²) in [5, 5.41) is 6.13. The molecule has 0 N–H and O–H groups in total. The van der Waals surface area contributed by atoms with Crippen LogP contribution in [0.25, 0.3) is 0 Å². The Morgan fingerprint density at radius 2 is 1.92 bits per heavy atom. The summed E-state index contributed by atoms with van der Waals surface area (Å²) in [6, 6.07) is 13.6. The lowest BCUT2D eigenvalue weighted by Crippen LogP contribution is -2.24. The van der Waals surface area contributed by atoms with Gasteiger partial charge in [0.05, 0.1) is 18.9 Å². The standard InChI is InChI=1S/C18H16Br2N2O2/c1-11(23)22-18(12-3-6-14(24-2)7-4-12)10-17(21-22)15-8-5-13(19)9-16(15)20/h3-9,18H,10H2,1-2H3. The Morgan fingerprint density at radius 3 is 2.50 bits per heavy atom. The molecule has 0 aromatic heterocycles. The molecule has 1 amide bonds. The summed E-state index contributed by atoms with van der Waals surface area (Å²) >= 11 is 7.03. The molecule has 2 aromatic carbocycles. The second-order valence-corrected chi connectivity index (χ2v) is 7.30. The second kappa shape index (κ2) is 7.07. The molecule has 1 atom stereocenters. The minimum atomic E-state index is -0.0982. The number of carbonyl (C=O) groups excluding carboxylic acids is 1. The molecule has 0 saturated heterocycles. The third-order valence-corrected chi connectivity index (χ3v) is 5.12. The average Bonchev–Trinajstić information content (AvgIpc) is 3.00. The maximum absolute atomic E-state index is 12.0. The van der Waals surface area contributed by atoms with Gasteiger partial charge in [0.1, 0.15) is 5.75 Å². The van der Waals surface area contributed by atoms with E-state index in [1.807, 2.05) is 42.5 Å². The van der Waals surface area contributed by atoms with Crippen LogP contribution in [0.1, 0.15) is 30.5 Å². The molecule has 1 heterocycles. The molecule has 0 radical (unpaired) electrons. The van der Waals surface area contributed by atoms with Crippen LogP contribution >= 0.6 is 31.9 Å². The Bertz CT molecular complexity index is 803. The molecule has 1 aliphatic heterocycles. The second-order valence-electron chi connectivity index (χ2n) is 5.53. The van der Waals surface area contributed by atoms with Crippen LogP contribution in [0.5, 0.6) is 5.75 Å². The quantitative estimate of drug-likeness (QED) is 0.664. The van der Waals surface area contributed by atoms with Crippen molar-refractivity contribution in [2.24, 2.45) is 5.10 Å². The SMILES string of the molecule is COc1ccc(C2CC(c3ccc(Br)cc3Br)=NN2C(C)=O)cc1. The summed E-state index contributed by atoms with van der Waals surface area (Å²) in [6.45, 7) is 1.54. The summed E-state index contributed by atoms with van der Waals surface area (Å²) < 4.78 is 7.15. The van der Waals surface area contributed by atoms with Gasteiger partial charge >= 0.3 is 0 Å². The fourth-order valence-corrected chi connectivity index (χ4v) is 4.05. The van der Waals surface area contributed by atoms with Gasteiger partial charge in [-0.15, -0.1) is 0 Å². The summed E-state index contributed by atoms with van der Waals surface area (Å²) in [5.41, 5.74) is 2.93. The lowest BCUT2D eigenvalue weighted by atomic mass is 9.98. The largest absolute Gasteiger partial charge is 0.497 e. The first kappa shape index (κ1) is 17.2. The van der Waals surface area contributed by atoms with Gasteiger partial charge in [-0.1, -0.05) is 50.1 Å². The third-order valence-electron chi connectivity index (χ3n) is 3.98. The smallest absolute Gasteiger partial charge is 0.240 e. The molecular formula is C18H16Br2N2O2. The van der Waals surface area contributed by atoms with Gasteiger partial charge < -0.3 is 4.74 Å². The van der Waals surface area contributed by atoms with E-state index < -0.39 is 0 Å². The number of hydrogen-bond acceptors (Lipinski definition) is 3. The number of benzene rings is 2. The number of methoxy groups -OCH3 is 1. The van der Waals surface area contributed by atoms with Crippen molar-refractivity contribution in [2.75, 3.05) is 7.11 Å². The molecule has 1 unspecified atom stereocenters. The zero-order valence-corrected chi connectivity index (χ0v) is 16.5. The van der Waals surface area contributed by atoms with E-state index in [0.717, 1.165) is 31.5 Å². The Hall–Kier alpha value is -1.66. The van der Waals surface area contributed by atoms with Crippen LogP contribution in [0.2, 0.25) is 0 Å². The van der Waals surface area contributed by atoms with Gasteiger partial charge in [-0.05, 0) is 29.8 Å². The Morgan fingerprint density at radius 1 is 1.21 bits per heavy atom. The third kappa shape index (κ3) is 3.39. The molecular weight excluding hydrogens is 436 g/mol. The van der Waals surface area contributed by atoms with Gasteiger partial charge in [-0.3, -0.25) is 4.79 Å². The Balaban J connectivity index is 1.94. The molecule has 124 valence electrons. The van der Waals surface area contributed by atoms with E-state index in [4.69, 9.17) is 4.74 Å². The Kier molecular flexibility index (Phi) is 5.06. The van der Waals surface area contributed by atoms with Crippen LogP contribution in [0.3, 0.4) is 0 Å². The van der Waals surface area contributed by atoms with Gasteiger partial charge in [0, 0.05) is 27.9 Å². The van der Waals surface area contributed by atoms with Gasteiger partial charge in [-0.2, -0.15) is 5.10 Å². The first-order chi connectivity index (χ1) is 11.5. The van der Waals surface area contributed by atoms with Crippen molar-refractivity contribution in [3.05, 3.63) is 62.5 Å². The summed E-state index contributed by atoms with van der Waals surface area (Å²) in [7, 11) is 1.64. The topological polar surface area (TPSA) is 41.9 Å². The van der Waals surface area contributed by atoms with Crippen LogP contribution in [0.15, 0.2) is 56.5 Å². The lowest BCUT2D eigenvalue weighted by Gasteiger charge is -2.20. The monoisotopic (exact) mass is 450 g/mol. The maximum Gasteiger partial charge on any atom is 0.240 e. The van der Waals surface area contributed by atoms with Crippen molar-refractivity contribution in [1.82, 2.24) is 5.01 Å². The summed E-state index contributed by atoms with van der Waals surface area (Å²) in [4.78, 5) is 12.0. The average molecular weight is 452 g/mol. The van der Waals surface area contributed by atoms with E-state index in [9.17, 15) is 4.79 Å². The highest BCUT2D eigenvalue weighted by atomic mass is 79.9. The number of ether oxygens (including phenoxy) is 1. The number of amides is 1. The first-order valence-electron chi connectivity index (χ1n) is 7.46. The highest BCUT2D eigenvalue weighted by molar-refractivity contribution is 9.11. The Labute approximate surface area is 157 Å². The van der Waals surface area contributed by atoms with Crippen molar-refractivity contribution in [2.45, 2.75) is 19.4 Å². The minimum Gasteiger partial charge on any atom is -0.497 e. The number of hydrazone groups is 1. The van der Waals surface area contributed by atoms with Crippen molar-refractivity contribution < 1.29 is 9.53 Å². The van der Waals surface area contributed by atoms with Gasteiger partial charge in [-0.25, -0.2) is 5.01 Å². The van der Waals surface area contributed by atoms with E-state index in [1.54, 1.807) is 19.0 Å². The predicted octanol–water partition coefficient (Wildman–Crippen LogP) is 4.92. The molecule has 3 rings (SSSR count). The van der Waals surface area contributed by atoms with E-state index in [-0.39, 0.29) is 11.9 Å². The van der Waals surface area contributed by atoms with E-state index >= 15 is 0 Å². The molecule has 0 bridgehead atoms. The fraction of sp³-hybridized carbons (Fsp3) is 0.222. The fourth-order valence-electron chi connectivity index (χ4n) is 2.77. The zero-order chi connectivity index (χ0) is 17.3. The number of halogens is 2. The maximum atomic E-state index is 12.0. The highest BCUT2D eigenvalue weighted by Crippen LogP contribution is 2.35. The number of rotatable bonds is 3. The summed E-state index contributed by atoms with van der Waals surface area (Å²) in [6.07, 6.45) is 0.673. The predicted molar refractivity (Wildman–Crippen MR) is 101 cm³/mol. The van der Waals surface area contributed by atoms with Crippen molar-refractivity contribution in [1.29, 1.82) is 0 Å².